The van der Waals surface area contributed by atoms with Crippen LogP contribution in [0.5, 0.6) is 0 Å². The summed E-state index contributed by atoms with van der Waals surface area (Å²) in [4.78, 5) is 35.6. The standard InChI is InChI=1S/C17H18N6O2/c24-15-14-16(23(17(25)21-15)12-2-1-5-18-8-12)22(9-19-14)13-6-10-3-4-11(7-13)20-10/h1-2,5,8-11,13,20H,3-4,6-7H2,(H,21,24,25). The van der Waals surface area contributed by atoms with Gasteiger partial charge in [0, 0.05) is 24.3 Å². The molecule has 25 heavy (non-hydrogen) atoms. The second-order valence-corrected chi connectivity index (χ2v) is 6.89. The van der Waals surface area contributed by atoms with Crippen molar-refractivity contribution in [3.63, 3.8) is 0 Å². The largest absolute Gasteiger partial charge is 0.334 e. The van der Waals surface area contributed by atoms with Gasteiger partial charge in [-0.25, -0.2) is 14.3 Å². The number of H-pyrrole nitrogens is 1. The number of nitrogens with zero attached hydrogens (tertiary/aromatic N) is 4. The first kappa shape index (κ1) is 14.6. The first-order chi connectivity index (χ1) is 12.2. The molecule has 0 spiro atoms. The molecular weight excluding hydrogens is 320 g/mol. The molecular formula is C17H18N6O2. The quantitative estimate of drug-likeness (QED) is 0.718. The van der Waals surface area contributed by atoms with Crippen molar-refractivity contribution in [2.45, 2.75) is 43.8 Å². The molecule has 5 heterocycles. The van der Waals surface area contributed by atoms with E-state index in [9.17, 15) is 9.59 Å². The molecule has 3 aromatic rings. The van der Waals surface area contributed by atoms with Gasteiger partial charge in [0.15, 0.2) is 11.2 Å². The fraction of sp³-hybridized carbons (Fsp3) is 0.412. The molecule has 2 aliphatic heterocycles. The summed E-state index contributed by atoms with van der Waals surface area (Å²) in [5.41, 5.74) is 0.537. The third-order valence-electron chi connectivity index (χ3n) is 5.36. The highest BCUT2D eigenvalue weighted by Gasteiger charge is 2.35. The maximum absolute atomic E-state index is 12.6. The predicted molar refractivity (Wildman–Crippen MR) is 92.0 cm³/mol. The van der Waals surface area contributed by atoms with Gasteiger partial charge in [-0.2, -0.15) is 0 Å². The Balaban J connectivity index is 1.76. The molecule has 0 amide bonds. The van der Waals surface area contributed by atoms with E-state index in [2.05, 4.69) is 20.3 Å². The fourth-order valence-corrected chi connectivity index (χ4v) is 4.29. The van der Waals surface area contributed by atoms with Crippen LogP contribution >= 0.6 is 0 Å². The molecule has 2 bridgehead atoms. The van der Waals surface area contributed by atoms with Gasteiger partial charge in [0.05, 0.1) is 18.2 Å². The van der Waals surface area contributed by atoms with Crippen LogP contribution in [0.1, 0.15) is 31.7 Å². The van der Waals surface area contributed by atoms with E-state index in [-0.39, 0.29) is 11.6 Å². The lowest BCUT2D eigenvalue weighted by Gasteiger charge is -2.30. The zero-order valence-electron chi connectivity index (χ0n) is 13.6. The van der Waals surface area contributed by atoms with Crippen LogP contribution in [0.15, 0.2) is 40.4 Å². The Hall–Kier alpha value is -2.74. The van der Waals surface area contributed by atoms with Crippen LogP contribution in [0, 0.1) is 0 Å². The minimum absolute atomic E-state index is 0.230. The number of imidazole rings is 1. The molecule has 3 aromatic heterocycles. The first-order valence-electron chi connectivity index (χ1n) is 8.59. The highest BCUT2D eigenvalue weighted by Crippen LogP contribution is 2.35. The highest BCUT2D eigenvalue weighted by molar-refractivity contribution is 5.72. The van der Waals surface area contributed by atoms with E-state index < -0.39 is 11.2 Å². The first-order valence-corrected chi connectivity index (χ1v) is 8.59. The number of nitrogens with one attached hydrogen (secondary N) is 2. The molecule has 5 rings (SSSR count). The summed E-state index contributed by atoms with van der Waals surface area (Å²) in [6.07, 6.45) is 9.29. The molecule has 2 aliphatic rings. The molecule has 0 aliphatic carbocycles. The van der Waals surface area contributed by atoms with Gasteiger partial charge in [0.2, 0.25) is 0 Å². The molecule has 0 saturated carbocycles. The lowest BCUT2D eigenvalue weighted by Crippen LogP contribution is -2.39. The van der Waals surface area contributed by atoms with E-state index in [1.54, 1.807) is 30.9 Å². The molecule has 2 unspecified atom stereocenters. The van der Waals surface area contributed by atoms with Crippen LogP contribution in [-0.4, -0.2) is 36.2 Å². The zero-order chi connectivity index (χ0) is 17.0. The number of pyridine rings is 1. The highest BCUT2D eigenvalue weighted by atomic mass is 16.2. The molecule has 8 heteroatoms. The Morgan fingerprint density at radius 3 is 2.68 bits per heavy atom. The van der Waals surface area contributed by atoms with Crippen LogP contribution in [0.3, 0.4) is 0 Å². The van der Waals surface area contributed by atoms with Crippen molar-refractivity contribution >= 4 is 11.2 Å². The fourth-order valence-electron chi connectivity index (χ4n) is 4.29. The third kappa shape index (κ3) is 2.25. The van der Waals surface area contributed by atoms with Gasteiger partial charge in [0.1, 0.15) is 0 Å². The lowest BCUT2D eigenvalue weighted by molar-refractivity contribution is 0.302. The molecule has 2 fully saturated rings. The Bertz CT molecular complexity index is 1040. The number of hydrogen-bond acceptors (Lipinski definition) is 5. The second kappa shape index (κ2) is 5.38. The Morgan fingerprint density at radius 1 is 1.16 bits per heavy atom. The average Bonchev–Trinajstić information content (AvgIpc) is 3.19. The third-order valence-corrected chi connectivity index (χ3v) is 5.36. The summed E-state index contributed by atoms with van der Waals surface area (Å²) in [6.45, 7) is 0. The molecule has 2 N–H and O–H groups in total. The van der Waals surface area contributed by atoms with Gasteiger partial charge in [-0.15, -0.1) is 0 Å². The van der Waals surface area contributed by atoms with Crippen molar-refractivity contribution in [3.8, 4) is 5.69 Å². The molecule has 2 atom stereocenters. The minimum atomic E-state index is -0.468. The summed E-state index contributed by atoms with van der Waals surface area (Å²) in [5.74, 6) is 0. The Labute approximate surface area is 142 Å². The summed E-state index contributed by atoms with van der Waals surface area (Å²) in [5, 5.41) is 3.62. The van der Waals surface area contributed by atoms with Gasteiger partial charge >= 0.3 is 5.69 Å². The predicted octanol–water partition coefficient (Wildman–Crippen LogP) is 0.726. The monoisotopic (exact) mass is 338 g/mol. The van der Waals surface area contributed by atoms with Crippen LogP contribution < -0.4 is 16.6 Å². The lowest BCUT2D eigenvalue weighted by atomic mass is 10.00. The van der Waals surface area contributed by atoms with E-state index in [1.807, 2.05) is 4.57 Å². The van der Waals surface area contributed by atoms with E-state index >= 15 is 0 Å². The van der Waals surface area contributed by atoms with Crippen molar-refractivity contribution in [2.75, 3.05) is 0 Å². The van der Waals surface area contributed by atoms with E-state index in [1.165, 1.54) is 17.4 Å². The van der Waals surface area contributed by atoms with Crippen molar-refractivity contribution in [2.24, 2.45) is 0 Å². The van der Waals surface area contributed by atoms with Crippen LogP contribution in [0.2, 0.25) is 0 Å². The van der Waals surface area contributed by atoms with Crippen molar-refractivity contribution < 1.29 is 0 Å². The molecule has 128 valence electrons. The Kier molecular flexibility index (Phi) is 3.14. The molecule has 0 aromatic carbocycles. The SMILES string of the molecule is O=c1[nH]c(=O)n(-c2cccnc2)c2c1ncn2C1CC2CCC(C1)N2. The van der Waals surface area contributed by atoms with E-state index in [0.29, 0.717) is 23.4 Å². The van der Waals surface area contributed by atoms with Gasteiger partial charge < -0.3 is 9.88 Å². The van der Waals surface area contributed by atoms with Crippen molar-refractivity contribution in [1.82, 2.24) is 29.4 Å². The van der Waals surface area contributed by atoms with Crippen molar-refractivity contribution in [1.29, 1.82) is 0 Å². The summed E-state index contributed by atoms with van der Waals surface area (Å²) < 4.78 is 3.51. The van der Waals surface area contributed by atoms with Gasteiger partial charge in [0.25, 0.3) is 5.56 Å². The zero-order valence-corrected chi connectivity index (χ0v) is 13.6. The number of rotatable bonds is 2. The number of aromatic nitrogens is 5. The number of hydrogen-bond donors (Lipinski definition) is 2. The van der Waals surface area contributed by atoms with E-state index in [4.69, 9.17) is 0 Å². The van der Waals surface area contributed by atoms with Gasteiger partial charge in [-0.05, 0) is 37.8 Å². The molecule has 0 radical (unpaired) electrons. The maximum Gasteiger partial charge on any atom is 0.334 e. The average molecular weight is 338 g/mol. The van der Waals surface area contributed by atoms with Crippen molar-refractivity contribution in [3.05, 3.63) is 51.7 Å². The molecule has 8 nitrogen and oxygen atoms in total. The molecule has 2 saturated heterocycles. The number of aromatic amines is 1. The van der Waals surface area contributed by atoms with E-state index in [0.717, 1.165) is 12.8 Å². The topological polar surface area (TPSA) is 97.6 Å². The maximum atomic E-state index is 12.6. The minimum Gasteiger partial charge on any atom is -0.313 e. The summed E-state index contributed by atoms with van der Waals surface area (Å²) >= 11 is 0. The van der Waals surface area contributed by atoms with Crippen LogP contribution in [0.25, 0.3) is 16.9 Å². The van der Waals surface area contributed by atoms with Gasteiger partial charge in [-0.1, -0.05) is 0 Å². The van der Waals surface area contributed by atoms with Crippen LogP contribution in [-0.2, 0) is 0 Å². The second-order valence-electron chi connectivity index (χ2n) is 6.89. The smallest absolute Gasteiger partial charge is 0.313 e. The number of piperidine rings is 1. The van der Waals surface area contributed by atoms with Crippen LogP contribution in [0.4, 0.5) is 0 Å². The number of fused-ring (bicyclic) bond motifs is 3. The normalized spacial score (nSPS) is 25.5. The Morgan fingerprint density at radius 2 is 1.96 bits per heavy atom. The summed E-state index contributed by atoms with van der Waals surface area (Å²) in [7, 11) is 0. The van der Waals surface area contributed by atoms with Gasteiger partial charge in [-0.3, -0.25) is 14.8 Å². The summed E-state index contributed by atoms with van der Waals surface area (Å²) in [6, 6.07) is 4.80.